The zero-order valence-corrected chi connectivity index (χ0v) is 49.6. The fraction of sp³-hybridized carbons (Fsp3) is 0.915. The maximum absolute atomic E-state index is 13.2. The van der Waals surface area contributed by atoms with Crippen LogP contribution >= 0.6 is 0 Å². The van der Waals surface area contributed by atoms with E-state index in [0.29, 0.717) is 32.1 Å². The van der Waals surface area contributed by atoms with E-state index in [9.17, 15) is 81.4 Å². The van der Waals surface area contributed by atoms with Crippen molar-refractivity contribution in [1.82, 2.24) is 0 Å². The Morgan fingerprint density at radius 1 is 0.583 bits per heavy atom. The Bertz CT molecular complexity index is 2350. The number of aliphatic hydroxyl groups excluding tert-OH is 15. The lowest BCUT2D eigenvalue weighted by Gasteiger charge is -2.72. The molecule has 0 amide bonds. The summed E-state index contributed by atoms with van der Waals surface area (Å²) in [6.45, 7) is 15.7. The summed E-state index contributed by atoms with van der Waals surface area (Å²) >= 11 is 0. The molecule has 30 atom stereocenters. The Morgan fingerprint density at radius 3 is 1.64 bits per heavy atom. The van der Waals surface area contributed by atoms with Crippen LogP contribution in [0.1, 0.15) is 114 Å². The summed E-state index contributed by atoms with van der Waals surface area (Å²) in [5, 5.41) is 163. The standard InChI is InChI=1S/C59H96O25/c1-10-25(2)49(75)84-46-38(65)31(23-77-51-43(70)40(67)36(63)29(21-61)80-51)82-53(45(46)72)83-34-14-15-56(7)32(55(34,5)6)13-16-58(9)33(56)12-11-26-27-19-54(3,4)47(73)48(74)59(27,18-17-57(26,58)8)24-78-52-44(71)41(68)37(64)30(81-52)22-76-50-42(69)39(66)35(62)28(20-60)79-50/h10-11,27-48,50-53,60-74H,12-24H2,1-9H3/t27-,28+,29+,30+,31+,32-,33+,34-,35+,36+,37+,38+,39-,40-,41-,42+,43+,44+,45+,46-,47-,48-,50+,51+,52+,53-,56-,57+,58+,59-/m0/s1. The molecular weight excluding hydrogens is 1110 g/mol. The third kappa shape index (κ3) is 11.1. The van der Waals surface area contributed by atoms with Crippen LogP contribution in [-0.2, 0) is 47.4 Å². The van der Waals surface area contributed by atoms with Crippen molar-refractivity contribution in [3.63, 3.8) is 0 Å². The summed E-state index contributed by atoms with van der Waals surface area (Å²) < 4.78 is 53.8. The van der Waals surface area contributed by atoms with Crippen LogP contribution in [-0.4, -0.2) is 257 Å². The smallest absolute Gasteiger partial charge is 0.333 e. The number of esters is 1. The van der Waals surface area contributed by atoms with Crippen LogP contribution in [0.25, 0.3) is 0 Å². The van der Waals surface area contributed by atoms with Crippen LogP contribution in [0.15, 0.2) is 23.3 Å². The highest BCUT2D eigenvalue weighted by molar-refractivity contribution is 5.87. The molecule has 25 nitrogen and oxygen atoms in total. The maximum atomic E-state index is 13.2. The second kappa shape index (κ2) is 24.7. The zero-order chi connectivity index (χ0) is 61.7. The summed E-state index contributed by atoms with van der Waals surface area (Å²) in [7, 11) is 0. The molecule has 0 aromatic heterocycles. The highest BCUT2D eigenvalue weighted by Gasteiger charge is 2.71. The molecular formula is C59H96O25. The second-order valence-electron chi connectivity index (χ2n) is 27.9. The van der Waals surface area contributed by atoms with Crippen molar-refractivity contribution in [2.45, 2.75) is 255 Å². The largest absolute Gasteiger partial charge is 0.453 e. The number of hydrogen-bond acceptors (Lipinski definition) is 25. The number of hydrogen-bond donors (Lipinski definition) is 15. The molecule has 15 N–H and O–H groups in total. The number of carbonyl (C=O) groups is 1. The molecule has 4 heterocycles. The SMILES string of the molecule is CC=C(C)C(=O)O[C@@H]1[C@@H](O)[C@H](O[C@H]2CC[C@]3(C)[C@H]4CC=C5[C@@H]6CC(C)(C)[C@@H](O)[C@H](O)[C@]6(CO[C@@H]6O[C@H](CO[C@@H]7O[C@H](CO)[C@@H](O)[C@H](O)[C@H]7O)[C@@H](O)[C@H](O)[C@H]6O)CC[C@@]5(C)[C@]4(C)CC[C@H]3C2(C)C)O[C@H](CO[C@@H]2O[C@H](CO)[C@@H](O)[C@H](O)[C@H]2O)[C@H]1O. The Morgan fingerprint density at radius 2 is 1.10 bits per heavy atom. The van der Waals surface area contributed by atoms with Crippen LogP contribution in [0.3, 0.4) is 0 Å². The lowest BCUT2D eigenvalue weighted by Crippen LogP contribution is -2.68. The molecule has 4 saturated carbocycles. The average molecular weight is 1210 g/mol. The van der Waals surface area contributed by atoms with Crippen molar-refractivity contribution in [1.29, 1.82) is 0 Å². The van der Waals surface area contributed by atoms with Crippen molar-refractivity contribution in [3.8, 4) is 0 Å². The monoisotopic (exact) mass is 1200 g/mol. The average Bonchev–Trinajstić information content (AvgIpc) is 0.700. The molecule has 0 aromatic rings. The number of ether oxygens (including phenoxy) is 9. The number of carbonyl (C=O) groups excluding carboxylic acids is 1. The van der Waals surface area contributed by atoms with Gasteiger partial charge in [0.1, 0.15) is 91.6 Å². The normalized spacial score (nSPS) is 52.0. The van der Waals surface area contributed by atoms with Crippen molar-refractivity contribution in [3.05, 3.63) is 23.3 Å². The molecule has 4 saturated heterocycles. The van der Waals surface area contributed by atoms with Crippen molar-refractivity contribution < 1.29 is 124 Å². The highest BCUT2D eigenvalue weighted by Crippen LogP contribution is 2.76. The molecule has 0 aromatic carbocycles. The minimum absolute atomic E-state index is 0.0758. The van der Waals surface area contributed by atoms with Crippen LogP contribution in [0, 0.1) is 50.2 Å². The molecule has 25 heteroatoms. The molecule has 4 aliphatic heterocycles. The molecule has 0 bridgehead atoms. The van der Waals surface area contributed by atoms with Gasteiger partial charge < -0.3 is 119 Å². The molecule has 9 aliphatic rings. The van der Waals surface area contributed by atoms with Gasteiger partial charge in [0, 0.05) is 11.0 Å². The van der Waals surface area contributed by atoms with Gasteiger partial charge in [-0.2, -0.15) is 0 Å². The Kier molecular flexibility index (Phi) is 19.5. The first kappa shape index (κ1) is 66.4. The number of aliphatic hydroxyl groups is 15. The van der Waals surface area contributed by atoms with Gasteiger partial charge in [-0.25, -0.2) is 4.79 Å². The van der Waals surface area contributed by atoms with E-state index in [2.05, 4.69) is 40.7 Å². The predicted molar refractivity (Wildman–Crippen MR) is 289 cm³/mol. The van der Waals surface area contributed by atoms with E-state index < -0.39 is 195 Å². The van der Waals surface area contributed by atoms with Gasteiger partial charge in [-0.15, -0.1) is 0 Å². The third-order valence-corrected chi connectivity index (χ3v) is 22.7. The molecule has 8 fully saturated rings. The van der Waals surface area contributed by atoms with Gasteiger partial charge in [0.2, 0.25) is 0 Å². The number of fused-ring (bicyclic) bond motifs is 7. The van der Waals surface area contributed by atoms with Crippen LogP contribution in [0.2, 0.25) is 0 Å². The van der Waals surface area contributed by atoms with E-state index in [0.717, 1.165) is 24.8 Å². The fourth-order valence-electron chi connectivity index (χ4n) is 17.0. The molecule has 0 spiro atoms. The van der Waals surface area contributed by atoms with Gasteiger partial charge in [0.25, 0.3) is 0 Å². The van der Waals surface area contributed by atoms with Crippen LogP contribution < -0.4 is 0 Å². The van der Waals surface area contributed by atoms with Crippen molar-refractivity contribution in [2.75, 3.05) is 33.0 Å². The molecule has 0 unspecified atom stereocenters. The fourth-order valence-corrected chi connectivity index (χ4v) is 17.0. The first-order valence-corrected chi connectivity index (χ1v) is 30.0. The minimum atomic E-state index is -1.80. The first-order chi connectivity index (χ1) is 39.3. The summed E-state index contributed by atoms with van der Waals surface area (Å²) in [4.78, 5) is 13.2. The summed E-state index contributed by atoms with van der Waals surface area (Å²) in [5.74, 6) is -0.888. The van der Waals surface area contributed by atoms with E-state index in [1.165, 1.54) is 13.0 Å². The van der Waals surface area contributed by atoms with Crippen molar-refractivity contribution in [2.24, 2.45) is 50.2 Å². The lowest BCUT2D eigenvalue weighted by molar-refractivity contribution is -0.346. The van der Waals surface area contributed by atoms with Gasteiger partial charge in [-0.1, -0.05) is 66.2 Å². The van der Waals surface area contributed by atoms with Gasteiger partial charge in [-0.05, 0) is 110 Å². The van der Waals surface area contributed by atoms with Gasteiger partial charge >= 0.3 is 5.97 Å². The van der Waals surface area contributed by atoms with E-state index >= 15 is 0 Å². The van der Waals surface area contributed by atoms with E-state index in [1.54, 1.807) is 6.92 Å². The molecule has 84 heavy (non-hydrogen) atoms. The van der Waals surface area contributed by atoms with E-state index in [4.69, 9.17) is 42.6 Å². The summed E-state index contributed by atoms with van der Waals surface area (Å²) in [6.07, 6.45) is -26.0. The predicted octanol–water partition coefficient (Wildman–Crippen LogP) is -2.10. The van der Waals surface area contributed by atoms with Gasteiger partial charge in [-0.3, -0.25) is 0 Å². The third-order valence-electron chi connectivity index (χ3n) is 22.7. The summed E-state index contributed by atoms with van der Waals surface area (Å²) in [6, 6.07) is 0. The van der Waals surface area contributed by atoms with Gasteiger partial charge in [0.15, 0.2) is 31.3 Å². The Labute approximate surface area is 490 Å². The minimum Gasteiger partial charge on any atom is -0.453 e. The molecule has 5 aliphatic carbocycles. The second-order valence-corrected chi connectivity index (χ2v) is 27.9. The van der Waals surface area contributed by atoms with Crippen LogP contribution in [0.4, 0.5) is 0 Å². The number of allylic oxidation sites excluding steroid dienone is 3. The Hall–Kier alpha value is -1.97. The summed E-state index contributed by atoms with van der Waals surface area (Å²) in [5.41, 5.74) is -1.97. The van der Waals surface area contributed by atoms with E-state index in [-0.39, 0.29) is 40.8 Å². The van der Waals surface area contributed by atoms with Crippen LogP contribution in [0.5, 0.6) is 0 Å². The lowest BCUT2D eigenvalue weighted by atomic mass is 9.33. The molecule has 9 rings (SSSR count). The topological polar surface area (TPSA) is 404 Å². The van der Waals surface area contributed by atoms with Crippen molar-refractivity contribution >= 4 is 5.97 Å². The Balaban J connectivity index is 0.928. The molecule has 482 valence electrons. The van der Waals surface area contributed by atoms with E-state index in [1.807, 2.05) is 13.8 Å². The maximum Gasteiger partial charge on any atom is 0.333 e. The van der Waals surface area contributed by atoms with Gasteiger partial charge in [0.05, 0.1) is 51.3 Å². The molecule has 0 radical (unpaired) electrons. The highest BCUT2D eigenvalue weighted by atomic mass is 16.7. The number of rotatable bonds is 15. The zero-order valence-electron chi connectivity index (χ0n) is 49.6. The quantitative estimate of drug-likeness (QED) is 0.0361. The first-order valence-electron chi connectivity index (χ1n) is 30.0.